The number of nitrogens with zero attached hydrogens (tertiary/aromatic N) is 1. The highest BCUT2D eigenvalue weighted by Gasteiger charge is 2.09. The molecular weight excluding hydrogens is 238 g/mol. The van der Waals surface area contributed by atoms with E-state index in [0.29, 0.717) is 0 Å². The van der Waals surface area contributed by atoms with Gasteiger partial charge in [-0.3, -0.25) is 4.90 Å². The van der Waals surface area contributed by atoms with Gasteiger partial charge in [-0.15, -0.1) is 0 Å². The maximum Gasteiger partial charge on any atom is 0.134 e. The minimum atomic E-state index is 0.766. The largest absolute Gasteiger partial charge is 0.492 e. The average Bonchev–Trinajstić information content (AvgIpc) is 2.79. The number of piperidine rings is 1. The first kappa shape index (κ1) is 12.5. The highest BCUT2D eigenvalue weighted by atomic mass is 16.5. The standard InChI is InChI=1S/C16H21NO2/c1-13-11-14-12-15(5-6-16(14)19-13)18-10-9-17-7-3-2-4-8-17/h5-6,11-12H,2-4,7-10H2,1H3. The molecular formula is C16H21NO2. The first-order valence-electron chi connectivity index (χ1n) is 7.17. The van der Waals surface area contributed by atoms with Crippen LogP contribution < -0.4 is 4.74 Å². The third-order valence-electron chi connectivity index (χ3n) is 3.74. The maximum atomic E-state index is 5.84. The quantitative estimate of drug-likeness (QED) is 0.839. The summed E-state index contributed by atoms with van der Waals surface area (Å²) in [6.45, 7) is 6.22. The normalized spacial score (nSPS) is 16.9. The third-order valence-corrected chi connectivity index (χ3v) is 3.74. The Kier molecular flexibility index (Phi) is 3.74. The molecule has 0 spiro atoms. The van der Waals surface area contributed by atoms with Crippen LogP contribution in [0, 0.1) is 6.92 Å². The number of hydrogen-bond acceptors (Lipinski definition) is 3. The van der Waals surface area contributed by atoms with Crippen molar-refractivity contribution in [2.75, 3.05) is 26.2 Å². The fraction of sp³-hybridized carbons (Fsp3) is 0.500. The van der Waals surface area contributed by atoms with Crippen LogP contribution in [0.4, 0.5) is 0 Å². The minimum Gasteiger partial charge on any atom is -0.492 e. The number of ether oxygens (including phenoxy) is 1. The zero-order valence-corrected chi connectivity index (χ0v) is 11.5. The van der Waals surface area contributed by atoms with Gasteiger partial charge in [-0.2, -0.15) is 0 Å². The van der Waals surface area contributed by atoms with Gasteiger partial charge < -0.3 is 9.15 Å². The molecule has 0 aliphatic carbocycles. The molecule has 0 radical (unpaired) electrons. The van der Waals surface area contributed by atoms with E-state index < -0.39 is 0 Å². The second-order valence-electron chi connectivity index (χ2n) is 5.31. The van der Waals surface area contributed by atoms with E-state index in [2.05, 4.69) is 11.0 Å². The summed E-state index contributed by atoms with van der Waals surface area (Å²) in [5.41, 5.74) is 0.931. The molecule has 0 unspecified atom stereocenters. The first-order valence-corrected chi connectivity index (χ1v) is 7.17. The van der Waals surface area contributed by atoms with E-state index >= 15 is 0 Å². The fourth-order valence-corrected chi connectivity index (χ4v) is 2.72. The van der Waals surface area contributed by atoms with E-state index in [1.807, 2.05) is 25.1 Å². The summed E-state index contributed by atoms with van der Waals surface area (Å²) < 4.78 is 11.4. The monoisotopic (exact) mass is 259 g/mol. The molecule has 1 fully saturated rings. The van der Waals surface area contributed by atoms with Gasteiger partial charge in [0.2, 0.25) is 0 Å². The lowest BCUT2D eigenvalue weighted by molar-refractivity contribution is 0.183. The predicted molar refractivity (Wildman–Crippen MR) is 76.7 cm³/mol. The van der Waals surface area contributed by atoms with Crippen LogP contribution in [0.2, 0.25) is 0 Å². The lowest BCUT2D eigenvalue weighted by Crippen LogP contribution is -2.33. The van der Waals surface area contributed by atoms with Gasteiger partial charge in [-0.05, 0) is 57.1 Å². The zero-order chi connectivity index (χ0) is 13.1. The van der Waals surface area contributed by atoms with Crippen LogP contribution in [0.5, 0.6) is 5.75 Å². The molecule has 1 aliphatic rings. The Morgan fingerprint density at radius 1 is 1.16 bits per heavy atom. The number of benzene rings is 1. The highest BCUT2D eigenvalue weighted by Crippen LogP contribution is 2.23. The van der Waals surface area contributed by atoms with E-state index in [9.17, 15) is 0 Å². The molecule has 19 heavy (non-hydrogen) atoms. The van der Waals surface area contributed by atoms with E-state index in [4.69, 9.17) is 9.15 Å². The van der Waals surface area contributed by atoms with Gasteiger partial charge in [0.05, 0.1) is 0 Å². The minimum absolute atomic E-state index is 0.766. The van der Waals surface area contributed by atoms with E-state index in [1.54, 1.807) is 0 Å². The Balaban J connectivity index is 1.55. The van der Waals surface area contributed by atoms with Crippen LogP contribution in [-0.4, -0.2) is 31.1 Å². The van der Waals surface area contributed by atoms with E-state index in [-0.39, 0.29) is 0 Å². The van der Waals surface area contributed by atoms with Crippen molar-refractivity contribution in [3.63, 3.8) is 0 Å². The van der Waals surface area contributed by atoms with Crippen LogP contribution in [0.1, 0.15) is 25.0 Å². The smallest absolute Gasteiger partial charge is 0.134 e. The van der Waals surface area contributed by atoms with Crippen molar-refractivity contribution < 1.29 is 9.15 Å². The van der Waals surface area contributed by atoms with Crippen molar-refractivity contribution in [1.29, 1.82) is 0 Å². The van der Waals surface area contributed by atoms with Gasteiger partial charge in [0.1, 0.15) is 23.7 Å². The molecule has 1 aliphatic heterocycles. The number of aryl methyl sites for hydroxylation is 1. The second kappa shape index (κ2) is 5.66. The molecule has 0 bridgehead atoms. The maximum absolute atomic E-state index is 5.84. The molecule has 3 rings (SSSR count). The van der Waals surface area contributed by atoms with Gasteiger partial charge in [-0.1, -0.05) is 6.42 Å². The van der Waals surface area contributed by atoms with Crippen molar-refractivity contribution >= 4 is 11.0 Å². The molecule has 3 heteroatoms. The Hall–Kier alpha value is -1.48. The van der Waals surface area contributed by atoms with Crippen molar-refractivity contribution in [3.8, 4) is 5.75 Å². The third kappa shape index (κ3) is 3.10. The van der Waals surface area contributed by atoms with Crippen LogP contribution in [0.15, 0.2) is 28.7 Å². The highest BCUT2D eigenvalue weighted by molar-refractivity contribution is 5.79. The van der Waals surface area contributed by atoms with Crippen LogP contribution >= 0.6 is 0 Å². The Morgan fingerprint density at radius 2 is 2.00 bits per heavy atom. The van der Waals surface area contributed by atoms with Gasteiger partial charge in [0.15, 0.2) is 0 Å². The summed E-state index contributed by atoms with van der Waals surface area (Å²) in [4.78, 5) is 2.49. The Bertz CT molecular complexity index is 541. The lowest BCUT2D eigenvalue weighted by atomic mass is 10.1. The lowest BCUT2D eigenvalue weighted by Gasteiger charge is -2.26. The first-order chi connectivity index (χ1) is 9.31. The molecule has 0 saturated carbocycles. The molecule has 1 aromatic heterocycles. The topological polar surface area (TPSA) is 25.6 Å². The molecule has 1 aromatic carbocycles. The van der Waals surface area contributed by atoms with Crippen LogP contribution in [0.25, 0.3) is 11.0 Å². The number of likely N-dealkylation sites (tertiary alicyclic amines) is 1. The summed E-state index contributed by atoms with van der Waals surface area (Å²) >= 11 is 0. The number of fused-ring (bicyclic) bond motifs is 1. The van der Waals surface area contributed by atoms with Gasteiger partial charge in [0.25, 0.3) is 0 Å². The summed E-state index contributed by atoms with van der Waals surface area (Å²) in [5.74, 6) is 1.88. The SMILES string of the molecule is Cc1cc2cc(OCCN3CCCCC3)ccc2o1. The Labute approximate surface area is 114 Å². The predicted octanol–water partition coefficient (Wildman–Crippen LogP) is 3.61. The van der Waals surface area contributed by atoms with Crippen LogP contribution in [-0.2, 0) is 0 Å². The Morgan fingerprint density at radius 3 is 2.84 bits per heavy atom. The summed E-state index contributed by atoms with van der Waals surface area (Å²) in [7, 11) is 0. The van der Waals surface area contributed by atoms with Crippen LogP contribution in [0.3, 0.4) is 0 Å². The summed E-state index contributed by atoms with van der Waals surface area (Å²) in [5, 5.41) is 1.12. The fourth-order valence-electron chi connectivity index (χ4n) is 2.72. The molecule has 102 valence electrons. The molecule has 2 aromatic rings. The molecule has 3 nitrogen and oxygen atoms in total. The van der Waals surface area contributed by atoms with Crippen molar-refractivity contribution in [2.24, 2.45) is 0 Å². The number of rotatable bonds is 4. The summed E-state index contributed by atoms with van der Waals surface area (Å²) in [6, 6.07) is 8.08. The molecule has 1 saturated heterocycles. The molecule has 2 heterocycles. The zero-order valence-electron chi connectivity index (χ0n) is 11.5. The van der Waals surface area contributed by atoms with E-state index in [1.165, 1.54) is 32.4 Å². The molecule has 0 atom stereocenters. The van der Waals surface area contributed by atoms with E-state index in [0.717, 1.165) is 35.6 Å². The average molecular weight is 259 g/mol. The van der Waals surface area contributed by atoms with Crippen molar-refractivity contribution in [3.05, 3.63) is 30.0 Å². The molecule has 0 N–H and O–H groups in total. The van der Waals surface area contributed by atoms with Gasteiger partial charge >= 0.3 is 0 Å². The number of furan rings is 1. The van der Waals surface area contributed by atoms with Gasteiger partial charge in [-0.25, -0.2) is 0 Å². The second-order valence-corrected chi connectivity index (χ2v) is 5.31. The summed E-state index contributed by atoms with van der Waals surface area (Å²) in [6.07, 6.45) is 4.05. The molecule has 0 amide bonds. The van der Waals surface area contributed by atoms with Crippen molar-refractivity contribution in [1.82, 2.24) is 4.90 Å². The number of hydrogen-bond donors (Lipinski definition) is 0. The van der Waals surface area contributed by atoms with Gasteiger partial charge in [0, 0.05) is 11.9 Å². The van der Waals surface area contributed by atoms with Crippen molar-refractivity contribution in [2.45, 2.75) is 26.2 Å².